The molecule has 0 amide bonds. The number of nitrogens with zero attached hydrogens (tertiary/aromatic N) is 1. The summed E-state index contributed by atoms with van der Waals surface area (Å²) in [6, 6.07) is 25.9. The molecule has 0 spiro atoms. The molecule has 156 valence electrons. The first-order chi connectivity index (χ1) is 15.5. The van der Waals surface area contributed by atoms with Crippen molar-refractivity contribution in [2.75, 3.05) is 0 Å². The van der Waals surface area contributed by atoms with Crippen LogP contribution in [0.3, 0.4) is 0 Å². The fourth-order valence-corrected chi connectivity index (χ4v) is 5.29. The number of furan rings is 1. The van der Waals surface area contributed by atoms with Gasteiger partial charge in [0.25, 0.3) is 0 Å². The van der Waals surface area contributed by atoms with E-state index in [1.54, 1.807) is 11.3 Å². The maximum Gasteiger partial charge on any atom is 0.138 e. The van der Waals surface area contributed by atoms with Gasteiger partial charge in [0.05, 0.1) is 5.69 Å². The van der Waals surface area contributed by atoms with Crippen molar-refractivity contribution in [3.63, 3.8) is 0 Å². The number of rotatable bonds is 2. The SMILES string of the molecule is CC(C)(C)c1cc(-c2nccc3oc(-c4ccc5sccc5c4)cc23)cc2ccccc12. The quantitative estimate of drug-likeness (QED) is 0.273. The summed E-state index contributed by atoms with van der Waals surface area (Å²) in [6.45, 7) is 6.80. The molecule has 0 saturated heterocycles. The predicted molar refractivity (Wildman–Crippen MR) is 136 cm³/mol. The van der Waals surface area contributed by atoms with E-state index in [9.17, 15) is 0 Å². The van der Waals surface area contributed by atoms with Gasteiger partial charge in [-0.1, -0.05) is 45.0 Å². The molecule has 3 aromatic heterocycles. The van der Waals surface area contributed by atoms with Crippen LogP contribution >= 0.6 is 11.3 Å². The lowest BCUT2D eigenvalue weighted by molar-refractivity contribution is 0.596. The largest absolute Gasteiger partial charge is 0.456 e. The molecule has 2 nitrogen and oxygen atoms in total. The Morgan fingerprint density at radius 1 is 0.781 bits per heavy atom. The zero-order chi connectivity index (χ0) is 21.9. The highest BCUT2D eigenvalue weighted by atomic mass is 32.1. The summed E-state index contributed by atoms with van der Waals surface area (Å²) in [6.07, 6.45) is 1.85. The summed E-state index contributed by atoms with van der Waals surface area (Å²) in [5.74, 6) is 0.874. The fourth-order valence-electron chi connectivity index (χ4n) is 4.52. The predicted octanol–water partition coefficient (Wildman–Crippen LogP) is 8.83. The van der Waals surface area contributed by atoms with E-state index in [4.69, 9.17) is 9.40 Å². The van der Waals surface area contributed by atoms with Crippen LogP contribution in [-0.2, 0) is 5.41 Å². The molecule has 3 aromatic carbocycles. The highest BCUT2D eigenvalue weighted by molar-refractivity contribution is 7.17. The highest BCUT2D eigenvalue weighted by Gasteiger charge is 2.20. The van der Waals surface area contributed by atoms with Crippen LogP contribution in [0.5, 0.6) is 0 Å². The highest BCUT2D eigenvalue weighted by Crippen LogP contribution is 2.38. The van der Waals surface area contributed by atoms with Crippen LogP contribution < -0.4 is 0 Å². The Labute approximate surface area is 191 Å². The van der Waals surface area contributed by atoms with Crippen LogP contribution in [-0.4, -0.2) is 4.98 Å². The van der Waals surface area contributed by atoms with Gasteiger partial charge in [0.2, 0.25) is 0 Å². The number of hydrogen-bond donors (Lipinski definition) is 0. The van der Waals surface area contributed by atoms with E-state index >= 15 is 0 Å². The summed E-state index contributed by atoms with van der Waals surface area (Å²) in [5, 5.41) is 6.95. The van der Waals surface area contributed by atoms with E-state index in [0.29, 0.717) is 0 Å². The number of aromatic nitrogens is 1. The molecule has 0 atom stereocenters. The number of fused-ring (bicyclic) bond motifs is 3. The van der Waals surface area contributed by atoms with Crippen molar-refractivity contribution in [2.45, 2.75) is 26.2 Å². The van der Waals surface area contributed by atoms with Gasteiger partial charge in [-0.25, -0.2) is 0 Å². The van der Waals surface area contributed by atoms with E-state index in [1.165, 1.54) is 26.4 Å². The van der Waals surface area contributed by atoms with E-state index in [0.717, 1.165) is 33.6 Å². The van der Waals surface area contributed by atoms with Gasteiger partial charge in [-0.05, 0) is 81.0 Å². The molecule has 0 unspecified atom stereocenters. The Morgan fingerprint density at radius 2 is 1.62 bits per heavy atom. The van der Waals surface area contributed by atoms with Crippen LogP contribution in [0.4, 0.5) is 0 Å². The summed E-state index contributed by atoms with van der Waals surface area (Å²) >= 11 is 1.76. The Morgan fingerprint density at radius 3 is 2.50 bits per heavy atom. The second-order valence-corrected chi connectivity index (χ2v) is 10.3. The van der Waals surface area contributed by atoms with Crippen LogP contribution in [0.1, 0.15) is 26.3 Å². The molecule has 3 heterocycles. The normalized spacial score (nSPS) is 12.2. The van der Waals surface area contributed by atoms with Crippen LogP contribution in [0.25, 0.3) is 54.4 Å². The zero-order valence-electron chi connectivity index (χ0n) is 18.3. The Bertz CT molecular complexity index is 1610. The lowest BCUT2D eigenvalue weighted by atomic mass is 9.82. The molecule has 6 aromatic rings. The van der Waals surface area contributed by atoms with E-state index in [-0.39, 0.29) is 5.41 Å². The molecule has 0 bridgehead atoms. The molecule has 0 aliphatic rings. The smallest absolute Gasteiger partial charge is 0.138 e. The minimum atomic E-state index is 0.0288. The monoisotopic (exact) mass is 433 g/mol. The molecule has 6 rings (SSSR count). The van der Waals surface area contributed by atoms with E-state index < -0.39 is 0 Å². The topological polar surface area (TPSA) is 26.0 Å². The standard InChI is InChI=1S/C29H23NOS/c1-29(2,3)24-16-21(14-18-6-4-5-7-22(18)24)28-23-17-26(31-25(23)10-12-30-28)19-8-9-27-20(15-19)11-13-32-27/h4-17H,1-3H3. The third-order valence-corrected chi connectivity index (χ3v) is 7.02. The van der Waals surface area contributed by atoms with Gasteiger partial charge in [-0.15, -0.1) is 11.3 Å². The Kier molecular flexibility index (Phi) is 4.24. The fraction of sp³-hybridized carbons (Fsp3) is 0.138. The minimum absolute atomic E-state index is 0.0288. The van der Waals surface area contributed by atoms with Gasteiger partial charge in [0.15, 0.2) is 0 Å². The molecule has 3 heteroatoms. The molecular formula is C29H23NOS. The maximum atomic E-state index is 6.29. The summed E-state index contributed by atoms with van der Waals surface area (Å²) in [5.41, 5.74) is 5.40. The van der Waals surface area contributed by atoms with Crippen molar-refractivity contribution in [1.29, 1.82) is 0 Å². The van der Waals surface area contributed by atoms with E-state index in [1.807, 2.05) is 12.3 Å². The third-order valence-electron chi connectivity index (χ3n) is 6.13. The molecule has 0 aliphatic carbocycles. The van der Waals surface area contributed by atoms with Gasteiger partial charge in [-0.2, -0.15) is 0 Å². The Hall–Kier alpha value is -3.43. The van der Waals surface area contributed by atoms with Gasteiger partial charge >= 0.3 is 0 Å². The lowest BCUT2D eigenvalue weighted by Gasteiger charge is -2.22. The summed E-state index contributed by atoms with van der Waals surface area (Å²) in [4.78, 5) is 4.80. The summed E-state index contributed by atoms with van der Waals surface area (Å²) < 4.78 is 7.58. The number of pyridine rings is 1. The molecule has 0 radical (unpaired) electrons. The van der Waals surface area contributed by atoms with Crippen LogP contribution in [0, 0.1) is 0 Å². The number of benzene rings is 3. The molecule has 0 N–H and O–H groups in total. The zero-order valence-corrected chi connectivity index (χ0v) is 19.2. The van der Waals surface area contributed by atoms with Crippen LogP contribution in [0.2, 0.25) is 0 Å². The average Bonchev–Trinajstić information content (AvgIpc) is 3.43. The van der Waals surface area contributed by atoms with E-state index in [2.05, 4.69) is 92.9 Å². The second kappa shape index (κ2) is 7.04. The van der Waals surface area contributed by atoms with Crippen molar-refractivity contribution in [1.82, 2.24) is 4.98 Å². The maximum absolute atomic E-state index is 6.29. The van der Waals surface area contributed by atoms with Crippen LogP contribution in [0.15, 0.2) is 88.8 Å². The molecular weight excluding hydrogens is 410 g/mol. The first-order valence-electron chi connectivity index (χ1n) is 10.9. The minimum Gasteiger partial charge on any atom is -0.456 e. The van der Waals surface area contributed by atoms with Crippen molar-refractivity contribution in [3.8, 4) is 22.6 Å². The van der Waals surface area contributed by atoms with Crippen molar-refractivity contribution in [3.05, 3.63) is 89.9 Å². The van der Waals surface area contributed by atoms with Gasteiger partial charge in [-0.3, -0.25) is 4.98 Å². The molecule has 0 fully saturated rings. The second-order valence-electron chi connectivity index (χ2n) is 9.35. The van der Waals surface area contributed by atoms with Crippen molar-refractivity contribution in [2.24, 2.45) is 0 Å². The molecule has 0 saturated carbocycles. The van der Waals surface area contributed by atoms with Crippen molar-refractivity contribution < 1.29 is 4.42 Å². The first-order valence-corrected chi connectivity index (χ1v) is 11.8. The first kappa shape index (κ1) is 19.3. The molecule has 0 aliphatic heterocycles. The van der Waals surface area contributed by atoms with Crippen molar-refractivity contribution >= 4 is 43.2 Å². The average molecular weight is 434 g/mol. The van der Waals surface area contributed by atoms with Gasteiger partial charge in [0.1, 0.15) is 11.3 Å². The number of hydrogen-bond acceptors (Lipinski definition) is 3. The lowest BCUT2D eigenvalue weighted by Crippen LogP contribution is -2.12. The molecule has 32 heavy (non-hydrogen) atoms. The van der Waals surface area contributed by atoms with Gasteiger partial charge in [0, 0.05) is 27.4 Å². The van der Waals surface area contributed by atoms with Gasteiger partial charge < -0.3 is 4.42 Å². The number of thiophene rings is 1. The summed E-state index contributed by atoms with van der Waals surface area (Å²) in [7, 11) is 0. The third kappa shape index (κ3) is 3.12. The Balaban J connectivity index is 1.56.